The Bertz CT molecular complexity index is 613. The molecule has 0 amide bonds. The van der Waals surface area contributed by atoms with Crippen LogP contribution in [-0.4, -0.2) is 24.9 Å². The van der Waals surface area contributed by atoms with E-state index in [1.807, 2.05) is 42.5 Å². The summed E-state index contributed by atoms with van der Waals surface area (Å²) in [6.07, 6.45) is 6.39. The van der Waals surface area contributed by atoms with Crippen molar-refractivity contribution in [1.29, 1.82) is 0 Å². The molecule has 2 aromatic heterocycles. The fraction of sp³-hybridized carbons (Fsp3) is 0.133. The van der Waals surface area contributed by atoms with Crippen LogP contribution < -0.4 is 0 Å². The van der Waals surface area contributed by atoms with Gasteiger partial charge < -0.3 is 5.11 Å². The number of aliphatic hydroxyl groups is 1. The van der Waals surface area contributed by atoms with Crippen LogP contribution in [0.1, 0.15) is 11.1 Å². The molecular formula is C15H14N4O. The van der Waals surface area contributed by atoms with Gasteiger partial charge in [-0.05, 0) is 23.3 Å². The molecule has 3 aromatic rings. The van der Waals surface area contributed by atoms with E-state index in [9.17, 15) is 5.11 Å². The third-order valence-corrected chi connectivity index (χ3v) is 3.27. The maximum atomic E-state index is 11.2. The molecule has 1 aromatic carbocycles. The Morgan fingerprint density at radius 2 is 1.65 bits per heavy atom. The van der Waals surface area contributed by atoms with E-state index in [1.54, 1.807) is 23.4 Å². The van der Waals surface area contributed by atoms with Crippen LogP contribution in [0.25, 0.3) is 0 Å². The highest BCUT2D eigenvalue weighted by Crippen LogP contribution is 2.30. The predicted octanol–water partition coefficient (Wildman–Crippen LogP) is 1.61. The van der Waals surface area contributed by atoms with Gasteiger partial charge in [-0.1, -0.05) is 30.3 Å². The molecule has 3 rings (SSSR count). The largest absolute Gasteiger partial charge is 0.378 e. The van der Waals surface area contributed by atoms with Gasteiger partial charge in [0.2, 0.25) is 0 Å². The van der Waals surface area contributed by atoms with Gasteiger partial charge in [0.1, 0.15) is 18.3 Å². The summed E-state index contributed by atoms with van der Waals surface area (Å²) in [5.74, 6) is 0. The van der Waals surface area contributed by atoms with Crippen molar-refractivity contribution in [3.05, 3.63) is 78.6 Å². The molecule has 0 aliphatic carbocycles. The quantitative estimate of drug-likeness (QED) is 0.779. The summed E-state index contributed by atoms with van der Waals surface area (Å²) in [7, 11) is 0. The van der Waals surface area contributed by atoms with Crippen LogP contribution in [0.15, 0.2) is 67.5 Å². The van der Waals surface area contributed by atoms with Crippen LogP contribution in [0.3, 0.4) is 0 Å². The maximum Gasteiger partial charge on any atom is 0.137 e. The second-order valence-electron chi connectivity index (χ2n) is 4.56. The summed E-state index contributed by atoms with van der Waals surface area (Å²) >= 11 is 0. The molecule has 0 aliphatic heterocycles. The summed E-state index contributed by atoms with van der Waals surface area (Å²) in [6.45, 7) is 0.293. The lowest BCUT2D eigenvalue weighted by Gasteiger charge is -2.29. The van der Waals surface area contributed by atoms with E-state index in [0.29, 0.717) is 6.54 Å². The second kappa shape index (κ2) is 5.22. The molecule has 100 valence electrons. The molecule has 20 heavy (non-hydrogen) atoms. The molecule has 0 spiro atoms. The van der Waals surface area contributed by atoms with E-state index in [-0.39, 0.29) is 0 Å². The van der Waals surface area contributed by atoms with Crippen LogP contribution in [0, 0.1) is 0 Å². The Balaban J connectivity index is 2.08. The van der Waals surface area contributed by atoms with Crippen molar-refractivity contribution in [3.8, 4) is 0 Å². The van der Waals surface area contributed by atoms with Crippen LogP contribution in [-0.2, 0) is 12.1 Å². The molecule has 0 fully saturated rings. The fourth-order valence-electron chi connectivity index (χ4n) is 2.24. The van der Waals surface area contributed by atoms with Crippen LogP contribution in [0.2, 0.25) is 0 Å². The van der Waals surface area contributed by atoms with Gasteiger partial charge >= 0.3 is 0 Å². The zero-order chi connectivity index (χ0) is 13.8. The monoisotopic (exact) mass is 266 g/mol. The highest BCUT2D eigenvalue weighted by Gasteiger charge is 2.32. The molecule has 1 N–H and O–H groups in total. The fourth-order valence-corrected chi connectivity index (χ4v) is 2.24. The van der Waals surface area contributed by atoms with E-state index in [2.05, 4.69) is 15.1 Å². The Morgan fingerprint density at radius 1 is 0.950 bits per heavy atom. The van der Waals surface area contributed by atoms with Gasteiger partial charge in [0.15, 0.2) is 0 Å². The lowest BCUT2D eigenvalue weighted by molar-refractivity contribution is 0.0571. The van der Waals surface area contributed by atoms with Crippen molar-refractivity contribution < 1.29 is 5.11 Å². The molecule has 0 aliphatic rings. The second-order valence-corrected chi connectivity index (χ2v) is 4.56. The Labute approximate surface area is 116 Å². The number of hydrogen-bond donors (Lipinski definition) is 1. The molecule has 0 radical (unpaired) electrons. The third kappa shape index (κ3) is 2.31. The van der Waals surface area contributed by atoms with Crippen LogP contribution in [0.5, 0.6) is 0 Å². The lowest BCUT2D eigenvalue weighted by atomic mass is 9.87. The van der Waals surface area contributed by atoms with Crippen LogP contribution >= 0.6 is 0 Å². The van der Waals surface area contributed by atoms with Gasteiger partial charge in [-0.15, -0.1) is 0 Å². The molecule has 0 saturated carbocycles. The van der Waals surface area contributed by atoms with Crippen molar-refractivity contribution >= 4 is 0 Å². The predicted molar refractivity (Wildman–Crippen MR) is 73.7 cm³/mol. The normalized spacial score (nSPS) is 13.8. The van der Waals surface area contributed by atoms with Crippen molar-refractivity contribution in [2.24, 2.45) is 0 Å². The molecule has 0 unspecified atom stereocenters. The van der Waals surface area contributed by atoms with Gasteiger partial charge in [0, 0.05) is 12.4 Å². The summed E-state index contributed by atoms with van der Waals surface area (Å²) in [6, 6.07) is 13.2. The van der Waals surface area contributed by atoms with Gasteiger partial charge in [0.05, 0.1) is 6.54 Å². The summed E-state index contributed by atoms with van der Waals surface area (Å²) < 4.78 is 1.62. The third-order valence-electron chi connectivity index (χ3n) is 3.27. The van der Waals surface area contributed by atoms with Crippen molar-refractivity contribution in [2.75, 3.05) is 0 Å². The van der Waals surface area contributed by atoms with E-state index in [0.717, 1.165) is 11.1 Å². The number of aromatic nitrogens is 4. The average Bonchev–Trinajstić information content (AvgIpc) is 3.02. The smallest absolute Gasteiger partial charge is 0.137 e. The van der Waals surface area contributed by atoms with E-state index < -0.39 is 5.60 Å². The molecular weight excluding hydrogens is 252 g/mol. The van der Waals surface area contributed by atoms with E-state index >= 15 is 0 Å². The highest BCUT2D eigenvalue weighted by molar-refractivity contribution is 5.34. The summed E-state index contributed by atoms with van der Waals surface area (Å²) in [5.41, 5.74) is 0.411. The van der Waals surface area contributed by atoms with Gasteiger partial charge in [-0.3, -0.25) is 4.98 Å². The molecule has 1 atom stereocenters. The van der Waals surface area contributed by atoms with Crippen molar-refractivity contribution in [2.45, 2.75) is 12.1 Å². The summed E-state index contributed by atoms with van der Waals surface area (Å²) in [5, 5.41) is 15.3. The Hall–Kier alpha value is -2.53. The molecule has 5 heteroatoms. The van der Waals surface area contributed by atoms with Gasteiger partial charge in [-0.2, -0.15) is 5.10 Å². The average molecular weight is 266 g/mol. The van der Waals surface area contributed by atoms with E-state index in [1.165, 1.54) is 6.33 Å². The molecule has 5 nitrogen and oxygen atoms in total. The maximum absolute atomic E-state index is 11.2. The highest BCUT2D eigenvalue weighted by atomic mass is 16.3. The first-order chi connectivity index (χ1) is 9.79. The van der Waals surface area contributed by atoms with Crippen molar-refractivity contribution in [1.82, 2.24) is 19.7 Å². The molecule has 2 heterocycles. The first kappa shape index (κ1) is 12.5. The standard InChI is InChI=1S/C15H14N4O/c20-15(10-19-12-17-11-18-19,13-4-2-1-3-5-13)14-6-8-16-9-7-14/h1-9,11-12,20H,10H2/t15-/m1/s1. The first-order valence-corrected chi connectivity index (χ1v) is 6.30. The number of nitrogens with zero attached hydrogens (tertiary/aromatic N) is 4. The minimum Gasteiger partial charge on any atom is -0.378 e. The zero-order valence-corrected chi connectivity index (χ0v) is 10.8. The van der Waals surface area contributed by atoms with Gasteiger partial charge in [0.25, 0.3) is 0 Å². The topological polar surface area (TPSA) is 63.8 Å². The number of benzene rings is 1. The van der Waals surface area contributed by atoms with Crippen LogP contribution in [0.4, 0.5) is 0 Å². The minimum atomic E-state index is -1.17. The van der Waals surface area contributed by atoms with Crippen molar-refractivity contribution in [3.63, 3.8) is 0 Å². The minimum absolute atomic E-state index is 0.293. The number of hydrogen-bond acceptors (Lipinski definition) is 4. The Kier molecular flexibility index (Phi) is 3.26. The number of rotatable bonds is 4. The molecule has 0 saturated heterocycles. The summed E-state index contributed by atoms with van der Waals surface area (Å²) in [4.78, 5) is 7.93. The molecule has 0 bridgehead atoms. The number of pyridine rings is 1. The van der Waals surface area contributed by atoms with E-state index in [4.69, 9.17) is 0 Å². The SMILES string of the molecule is O[C@](Cn1cncn1)(c1ccccc1)c1ccncc1. The zero-order valence-electron chi connectivity index (χ0n) is 10.8. The first-order valence-electron chi connectivity index (χ1n) is 6.30. The Morgan fingerprint density at radius 3 is 2.30 bits per heavy atom. The van der Waals surface area contributed by atoms with Gasteiger partial charge in [-0.25, -0.2) is 9.67 Å². The lowest BCUT2D eigenvalue weighted by Crippen LogP contribution is -2.33.